The fourth-order valence-corrected chi connectivity index (χ4v) is 3.41. The zero-order valence-corrected chi connectivity index (χ0v) is 15.3. The van der Waals surface area contributed by atoms with Crippen LogP contribution in [0.25, 0.3) is 22.0 Å². The van der Waals surface area contributed by atoms with Crippen molar-refractivity contribution in [3.63, 3.8) is 0 Å². The van der Waals surface area contributed by atoms with Crippen molar-refractivity contribution in [2.45, 2.75) is 4.90 Å². The molecule has 1 N–H and O–H groups in total. The van der Waals surface area contributed by atoms with Crippen molar-refractivity contribution in [3.05, 3.63) is 73.2 Å². The van der Waals surface area contributed by atoms with Gasteiger partial charge in [0.1, 0.15) is 0 Å². The standard InChI is InChI=1S/C20H16N4O2S/c1-27(25,26)18-6-2-5-17(11-18)23-20-22-13-16-10-14(7-8-19(16)24-20)15-4-3-9-21-12-15/h2-13H,1H3,(H,22,23,24). The molecule has 0 saturated heterocycles. The highest BCUT2D eigenvalue weighted by molar-refractivity contribution is 7.90. The van der Waals surface area contributed by atoms with Crippen molar-refractivity contribution in [1.82, 2.24) is 15.0 Å². The van der Waals surface area contributed by atoms with E-state index < -0.39 is 9.84 Å². The Bertz CT molecular complexity index is 1230. The molecule has 0 bridgehead atoms. The number of hydrogen-bond acceptors (Lipinski definition) is 6. The number of pyridine rings is 1. The van der Waals surface area contributed by atoms with Gasteiger partial charge in [0.25, 0.3) is 0 Å². The summed E-state index contributed by atoms with van der Waals surface area (Å²) < 4.78 is 23.4. The highest BCUT2D eigenvalue weighted by Crippen LogP contribution is 2.24. The van der Waals surface area contributed by atoms with Crippen LogP contribution >= 0.6 is 0 Å². The Kier molecular flexibility index (Phi) is 4.29. The molecule has 2 heterocycles. The molecular weight excluding hydrogens is 360 g/mol. The molecule has 4 aromatic rings. The predicted octanol–water partition coefficient (Wildman–Crippen LogP) is 3.84. The first kappa shape index (κ1) is 17.1. The van der Waals surface area contributed by atoms with Crippen LogP contribution in [0.1, 0.15) is 0 Å². The molecule has 2 aromatic heterocycles. The number of benzene rings is 2. The van der Waals surface area contributed by atoms with Crippen LogP contribution in [-0.4, -0.2) is 29.6 Å². The average molecular weight is 376 g/mol. The van der Waals surface area contributed by atoms with Gasteiger partial charge in [-0.1, -0.05) is 18.2 Å². The summed E-state index contributed by atoms with van der Waals surface area (Å²) in [7, 11) is -3.27. The minimum absolute atomic E-state index is 0.245. The van der Waals surface area contributed by atoms with E-state index in [1.807, 2.05) is 36.5 Å². The van der Waals surface area contributed by atoms with Crippen molar-refractivity contribution in [2.75, 3.05) is 11.6 Å². The molecule has 0 atom stereocenters. The first-order chi connectivity index (χ1) is 13.0. The molecule has 0 saturated carbocycles. The summed E-state index contributed by atoms with van der Waals surface area (Å²) in [5, 5.41) is 3.97. The number of anilines is 2. The molecule has 7 heteroatoms. The Morgan fingerprint density at radius 1 is 0.926 bits per heavy atom. The van der Waals surface area contributed by atoms with Crippen LogP contribution in [0.3, 0.4) is 0 Å². The molecule has 0 radical (unpaired) electrons. The van der Waals surface area contributed by atoms with E-state index in [9.17, 15) is 8.42 Å². The Balaban J connectivity index is 1.65. The van der Waals surface area contributed by atoms with E-state index in [0.29, 0.717) is 11.6 Å². The van der Waals surface area contributed by atoms with E-state index in [0.717, 1.165) is 22.0 Å². The fourth-order valence-electron chi connectivity index (χ4n) is 2.74. The fraction of sp³-hybridized carbons (Fsp3) is 0.0500. The van der Waals surface area contributed by atoms with Crippen LogP contribution in [-0.2, 0) is 9.84 Å². The van der Waals surface area contributed by atoms with E-state index in [4.69, 9.17) is 0 Å². The maximum absolute atomic E-state index is 11.7. The molecule has 0 aliphatic carbocycles. The van der Waals surface area contributed by atoms with Crippen LogP contribution in [0.4, 0.5) is 11.6 Å². The number of aromatic nitrogens is 3. The van der Waals surface area contributed by atoms with E-state index in [1.165, 1.54) is 6.26 Å². The smallest absolute Gasteiger partial charge is 0.227 e. The van der Waals surface area contributed by atoms with Crippen LogP contribution in [0, 0.1) is 0 Å². The normalized spacial score (nSPS) is 11.4. The molecule has 0 amide bonds. The summed E-state index contributed by atoms with van der Waals surface area (Å²) in [6, 6.07) is 16.4. The number of rotatable bonds is 4. The highest BCUT2D eigenvalue weighted by atomic mass is 32.2. The lowest BCUT2D eigenvalue weighted by Gasteiger charge is -2.08. The summed E-state index contributed by atoms with van der Waals surface area (Å²) in [6.45, 7) is 0. The van der Waals surface area contributed by atoms with Gasteiger partial charge in [-0.15, -0.1) is 0 Å². The molecule has 4 rings (SSSR count). The van der Waals surface area contributed by atoms with Gasteiger partial charge in [-0.05, 0) is 42.0 Å². The third-order valence-corrected chi connectivity index (χ3v) is 5.20. The Hall–Kier alpha value is -3.32. The van der Waals surface area contributed by atoms with Crippen LogP contribution in [0.5, 0.6) is 0 Å². The lowest BCUT2D eigenvalue weighted by atomic mass is 10.1. The first-order valence-electron chi connectivity index (χ1n) is 8.23. The van der Waals surface area contributed by atoms with Gasteiger partial charge in [-0.3, -0.25) is 4.98 Å². The molecule has 2 aromatic carbocycles. The van der Waals surface area contributed by atoms with Gasteiger partial charge in [0, 0.05) is 41.5 Å². The topological polar surface area (TPSA) is 84.8 Å². The minimum Gasteiger partial charge on any atom is -0.324 e. The lowest BCUT2D eigenvalue weighted by Crippen LogP contribution is -2.00. The molecule has 27 heavy (non-hydrogen) atoms. The zero-order valence-electron chi connectivity index (χ0n) is 14.5. The van der Waals surface area contributed by atoms with Gasteiger partial charge in [-0.2, -0.15) is 0 Å². The van der Waals surface area contributed by atoms with E-state index in [2.05, 4.69) is 20.3 Å². The van der Waals surface area contributed by atoms with Gasteiger partial charge in [0.2, 0.25) is 5.95 Å². The third kappa shape index (κ3) is 3.78. The Morgan fingerprint density at radius 3 is 2.59 bits per heavy atom. The predicted molar refractivity (Wildman–Crippen MR) is 106 cm³/mol. The quantitative estimate of drug-likeness (QED) is 0.582. The van der Waals surface area contributed by atoms with E-state index >= 15 is 0 Å². The van der Waals surface area contributed by atoms with Crippen LogP contribution < -0.4 is 5.32 Å². The largest absolute Gasteiger partial charge is 0.324 e. The molecular formula is C20H16N4O2S. The summed E-state index contributed by atoms with van der Waals surface area (Å²) in [5.74, 6) is 0.405. The number of nitrogens with zero attached hydrogens (tertiary/aromatic N) is 3. The first-order valence-corrected chi connectivity index (χ1v) is 10.1. The summed E-state index contributed by atoms with van der Waals surface area (Å²) in [6.07, 6.45) is 6.47. The second-order valence-electron chi connectivity index (χ2n) is 6.13. The molecule has 0 unspecified atom stereocenters. The Morgan fingerprint density at radius 2 is 1.81 bits per heavy atom. The number of hydrogen-bond donors (Lipinski definition) is 1. The highest BCUT2D eigenvalue weighted by Gasteiger charge is 2.08. The minimum atomic E-state index is -3.27. The SMILES string of the molecule is CS(=O)(=O)c1cccc(Nc2ncc3cc(-c4cccnc4)ccc3n2)c1. The van der Waals surface area contributed by atoms with Crippen molar-refractivity contribution in [2.24, 2.45) is 0 Å². The van der Waals surface area contributed by atoms with Gasteiger partial charge in [0.15, 0.2) is 9.84 Å². The second-order valence-corrected chi connectivity index (χ2v) is 8.15. The molecule has 0 spiro atoms. The van der Waals surface area contributed by atoms with Crippen LogP contribution in [0.15, 0.2) is 78.1 Å². The summed E-state index contributed by atoms with van der Waals surface area (Å²) >= 11 is 0. The summed E-state index contributed by atoms with van der Waals surface area (Å²) in [4.78, 5) is 13.2. The van der Waals surface area contributed by atoms with Gasteiger partial charge >= 0.3 is 0 Å². The maximum Gasteiger partial charge on any atom is 0.227 e. The van der Waals surface area contributed by atoms with Crippen molar-refractivity contribution < 1.29 is 8.42 Å². The molecule has 134 valence electrons. The summed E-state index contributed by atoms with van der Waals surface area (Å²) in [5.41, 5.74) is 3.48. The second kappa shape index (κ2) is 6.77. The van der Waals surface area contributed by atoms with Crippen molar-refractivity contribution in [1.29, 1.82) is 0 Å². The van der Waals surface area contributed by atoms with Gasteiger partial charge in [0.05, 0.1) is 10.4 Å². The maximum atomic E-state index is 11.7. The number of fused-ring (bicyclic) bond motifs is 1. The Labute approximate surface area is 156 Å². The van der Waals surface area contributed by atoms with E-state index in [-0.39, 0.29) is 4.90 Å². The van der Waals surface area contributed by atoms with Crippen molar-refractivity contribution in [3.8, 4) is 11.1 Å². The molecule has 0 fully saturated rings. The van der Waals surface area contributed by atoms with Gasteiger partial charge < -0.3 is 5.32 Å². The van der Waals surface area contributed by atoms with Crippen LogP contribution in [0.2, 0.25) is 0 Å². The lowest BCUT2D eigenvalue weighted by molar-refractivity contribution is 0.602. The average Bonchev–Trinajstić information content (AvgIpc) is 2.68. The van der Waals surface area contributed by atoms with Crippen molar-refractivity contribution >= 4 is 32.4 Å². The molecule has 6 nitrogen and oxygen atoms in total. The zero-order chi connectivity index (χ0) is 18.9. The van der Waals surface area contributed by atoms with Gasteiger partial charge in [-0.25, -0.2) is 18.4 Å². The third-order valence-electron chi connectivity index (χ3n) is 4.09. The monoisotopic (exact) mass is 376 g/mol. The number of nitrogens with one attached hydrogen (secondary N) is 1. The number of sulfone groups is 1. The molecule has 0 aliphatic rings. The molecule has 0 aliphatic heterocycles. The van der Waals surface area contributed by atoms with E-state index in [1.54, 1.807) is 36.7 Å².